The van der Waals surface area contributed by atoms with Crippen LogP contribution in [0.5, 0.6) is 5.88 Å². The molecule has 1 saturated carbocycles. The van der Waals surface area contributed by atoms with Crippen molar-refractivity contribution in [3.05, 3.63) is 64.9 Å². The number of nitrogens with one attached hydrogen (secondary N) is 3. The topological polar surface area (TPSA) is 163 Å². The summed E-state index contributed by atoms with van der Waals surface area (Å²) >= 11 is 3.30. The van der Waals surface area contributed by atoms with Gasteiger partial charge in [0.1, 0.15) is 18.2 Å². The molecular formula is C36H45IN6O6S. The van der Waals surface area contributed by atoms with Crippen molar-refractivity contribution in [1.29, 1.82) is 0 Å². The number of amides is 4. The number of aromatic nitrogens is 2. The Bertz CT molecular complexity index is 1670. The zero-order valence-electron chi connectivity index (χ0n) is 28.9. The van der Waals surface area contributed by atoms with Crippen LogP contribution in [-0.4, -0.2) is 78.5 Å². The molecule has 0 spiro atoms. The van der Waals surface area contributed by atoms with Crippen LogP contribution in [0.25, 0.3) is 10.4 Å². The molecule has 14 heteroatoms. The van der Waals surface area contributed by atoms with E-state index in [0.717, 1.165) is 40.1 Å². The molecule has 1 saturated heterocycles. The van der Waals surface area contributed by atoms with E-state index in [0.29, 0.717) is 12.3 Å². The van der Waals surface area contributed by atoms with Crippen LogP contribution in [0.3, 0.4) is 0 Å². The van der Waals surface area contributed by atoms with Gasteiger partial charge in [0.05, 0.1) is 28.2 Å². The van der Waals surface area contributed by atoms with Crippen molar-refractivity contribution in [1.82, 2.24) is 30.8 Å². The van der Waals surface area contributed by atoms with Crippen LogP contribution in [0.15, 0.2) is 48.1 Å². The maximum absolute atomic E-state index is 14.0. The molecule has 4 N–H and O–H groups in total. The van der Waals surface area contributed by atoms with Gasteiger partial charge in [-0.25, -0.2) is 9.97 Å². The van der Waals surface area contributed by atoms with Crippen molar-refractivity contribution in [3.63, 3.8) is 0 Å². The van der Waals surface area contributed by atoms with E-state index in [1.807, 2.05) is 70.5 Å². The van der Waals surface area contributed by atoms with Gasteiger partial charge in [0.2, 0.25) is 23.6 Å². The Morgan fingerprint density at radius 1 is 1.06 bits per heavy atom. The fraction of sp³-hybridized carbons (Fsp3) is 0.500. The SMILES string of the molecule is Cc1ncsc1-c1ccc([C@H](C)NC(=O)[C@@H]2C[C@@H](O)CN2C(=O)[C@@H](NC(=O)CCc2ccc(O[C@H]3C[C@@H](NC(=O)I)C3)nc2)C(C)(C)C)cc1. The van der Waals surface area contributed by atoms with Gasteiger partial charge in [-0.15, -0.1) is 11.3 Å². The minimum atomic E-state index is -0.909. The second kappa shape index (κ2) is 16.1. The van der Waals surface area contributed by atoms with Gasteiger partial charge >= 0.3 is 0 Å². The van der Waals surface area contributed by atoms with Gasteiger partial charge in [0.25, 0.3) is 3.91 Å². The van der Waals surface area contributed by atoms with Gasteiger partial charge in [-0.2, -0.15) is 0 Å². The number of nitrogens with zero attached hydrogens (tertiary/aromatic N) is 3. The summed E-state index contributed by atoms with van der Waals surface area (Å²) in [6, 6.07) is 9.59. The summed E-state index contributed by atoms with van der Waals surface area (Å²) < 4.78 is 5.79. The lowest BCUT2D eigenvalue weighted by Gasteiger charge is -2.35. The van der Waals surface area contributed by atoms with Crippen molar-refractivity contribution in [2.75, 3.05) is 6.54 Å². The first-order chi connectivity index (χ1) is 23.7. The molecule has 1 aliphatic carbocycles. The van der Waals surface area contributed by atoms with Crippen LogP contribution >= 0.6 is 33.9 Å². The third kappa shape index (κ3) is 9.57. The highest BCUT2D eigenvalue weighted by Crippen LogP contribution is 2.30. The quantitative estimate of drug-likeness (QED) is 0.114. The molecule has 50 heavy (non-hydrogen) atoms. The van der Waals surface area contributed by atoms with Crippen molar-refractivity contribution >= 4 is 55.6 Å². The number of hydrogen-bond acceptors (Lipinski definition) is 9. The van der Waals surface area contributed by atoms with Crippen molar-refractivity contribution in [3.8, 4) is 16.3 Å². The van der Waals surface area contributed by atoms with Crippen LogP contribution in [0.2, 0.25) is 0 Å². The average Bonchev–Trinajstić information content (AvgIpc) is 3.66. The van der Waals surface area contributed by atoms with E-state index in [-0.39, 0.29) is 53.3 Å². The highest BCUT2D eigenvalue weighted by molar-refractivity contribution is 14.1. The summed E-state index contributed by atoms with van der Waals surface area (Å²) in [5.41, 5.74) is 4.94. The Morgan fingerprint density at radius 3 is 2.38 bits per heavy atom. The summed E-state index contributed by atoms with van der Waals surface area (Å²) in [7, 11) is 0. The second-order valence-corrected chi connectivity index (χ2v) is 16.0. The number of hydrogen-bond donors (Lipinski definition) is 4. The van der Waals surface area contributed by atoms with Gasteiger partial charge in [-0.05, 0) is 42.4 Å². The molecule has 2 aromatic heterocycles. The number of carbonyl (C=O) groups is 4. The first-order valence-corrected chi connectivity index (χ1v) is 18.8. The number of carbonyl (C=O) groups excluding carboxylic acids is 4. The lowest BCUT2D eigenvalue weighted by molar-refractivity contribution is -0.144. The zero-order chi connectivity index (χ0) is 36.2. The third-order valence-corrected chi connectivity index (χ3v) is 10.5. The molecule has 5 rings (SSSR count). The van der Waals surface area contributed by atoms with Gasteiger partial charge in [0.15, 0.2) is 0 Å². The van der Waals surface area contributed by atoms with Gasteiger partial charge in [-0.1, -0.05) is 51.1 Å². The molecule has 0 unspecified atom stereocenters. The highest BCUT2D eigenvalue weighted by Gasteiger charge is 2.44. The number of thiazole rings is 1. The van der Waals surface area contributed by atoms with Crippen molar-refractivity contribution in [2.24, 2.45) is 5.41 Å². The van der Waals surface area contributed by atoms with Gasteiger partial charge in [0, 0.05) is 73.1 Å². The van der Waals surface area contributed by atoms with Crippen LogP contribution in [0.4, 0.5) is 4.79 Å². The summed E-state index contributed by atoms with van der Waals surface area (Å²) in [4.78, 5) is 63.1. The minimum absolute atomic E-state index is 0.00153. The molecule has 4 amide bonds. The molecule has 0 bridgehead atoms. The Hall–Kier alpha value is -3.63. The molecule has 2 fully saturated rings. The number of benzene rings is 1. The largest absolute Gasteiger partial charge is 0.474 e. The molecule has 1 aliphatic heterocycles. The molecule has 3 heterocycles. The Labute approximate surface area is 310 Å². The normalized spacial score (nSPS) is 21.5. The number of likely N-dealkylation sites (tertiary alicyclic amines) is 1. The summed E-state index contributed by atoms with van der Waals surface area (Å²) in [6.45, 7) is 9.44. The van der Waals surface area contributed by atoms with Crippen molar-refractivity contribution < 1.29 is 29.0 Å². The summed E-state index contributed by atoms with van der Waals surface area (Å²) in [6.07, 6.45) is 2.94. The van der Waals surface area contributed by atoms with Gasteiger partial charge in [-0.3, -0.25) is 19.2 Å². The van der Waals surface area contributed by atoms with Crippen LogP contribution in [0, 0.1) is 12.3 Å². The molecule has 268 valence electrons. The smallest absolute Gasteiger partial charge is 0.280 e. The lowest BCUT2D eigenvalue weighted by atomic mass is 9.85. The standard InChI is InChI=1S/C36H45IN6O6S/c1-20(23-8-10-24(11-9-23)31-21(2)39-19-50-31)40-33(46)28-16-26(44)18-43(28)34(47)32(36(3,4)5)42-29(45)12-6-22-7-13-30(38-17-22)49-27-14-25(15-27)41-35(37)48/h7-11,13,17,19-20,25-28,32,44H,6,12,14-16,18H2,1-5H3,(H,40,46)(H,41,48)(H,42,45)/t20-,25-,26+,27+,28-,32+/m0/s1. The predicted octanol–water partition coefficient (Wildman–Crippen LogP) is 4.87. The number of pyridine rings is 1. The molecule has 3 aromatic rings. The molecule has 2 aliphatic rings. The number of rotatable bonds is 12. The first kappa shape index (κ1) is 37.6. The Balaban J connectivity index is 1.15. The van der Waals surface area contributed by atoms with Gasteiger partial charge < -0.3 is 30.7 Å². The van der Waals surface area contributed by atoms with Crippen LogP contribution in [-0.2, 0) is 20.8 Å². The summed E-state index contributed by atoms with van der Waals surface area (Å²) in [5, 5.41) is 19.4. The number of aliphatic hydroxyl groups is 1. The fourth-order valence-electron chi connectivity index (χ4n) is 6.25. The van der Waals surface area contributed by atoms with E-state index < -0.39 is 29.5 Å². The fourth-order valence-corrected chi connectivity index (χ4v) is 7.50. The van der Waals surface area contributed by atoms with Crippen LogP contribution in [0.1, 0.15) is 76.2 Å². The van der Waals surface area contributed by atoms with E-state index >= 15 is 0 Å². The molecule has 0 radical (unpaired) electrons. The third-order valence-electron chi connectivity index (χ3n) is 9.20. The monoisotopic (exact) mass is 816 g/mol. The molecule has 12 nitrogen and oxygen atoms in total. The van der Waals surface area contributed by atoms with E-state index in [2.05, 4.69) is 25.9 Å². The summed E-state index contributed by atoms with van der Waals surface area (Å²) in [5.74, 6) is -0.573. The van der Waals surface area contributed by atoms with Crippen LogP contribution < -0.4 is 20.7 Å². The van der Waals surface area contributed by atoms with E-state index in [9.17, 15) is 24.3 Å². The van der Waals surface area contributed by atoms with Crippen molar-refractivity contribution in [2.45, 2.75) is 103 Å². The molecule has 1 aromatic carbocycles. The second-order valence-electron chi connectivity index (χ2n) is 14.2. The Morgan fingerprint density at radius 2 is 1.78 bits per heavy atom. The van der Waals surface area contributed by atoms with E-state index in [1.165, 1.54) is 4.90 Å². The molecular weight excluding hydrogens is 771 g/mol. The number of ether oxygens (including phenoxy) is 1. The highest BCUT2D eigenvalue weighted by atomic mass is 127. The number of halogens is 1. The number of aliphatic hydroxyl groups excluding tert-OH is 1. The maximum Gasteiger partial charge on any atom is 0.280 e. The zero-order valence-corrected chi connectivity index (χ0v) is 31.9. The Kier molecular flexibility index (Phi) is 12.2. The average molecular weight is 817 g/mol. The maximum atomic E-state index is 14.0. The molecule has 4 atom stereocenters. The number of aryl methyl sites for hydroxylation is 2. The first-order valence-electron chi connectivity index (χ1n) is 16.8. The minimum Gasteiger partial charge on any atom is -0.474 e. The lowest BCUT2D eigenvalue weighted by Crippen LogP contribution is -2.57. The van der Waals surface area contributed by atoms with E-state index in [4.69, 9.17) is 4.74 Å². The predicted molar refractivity (Wildman–Crippen MR) is 199 cm³/mol. The van der Waals surface area contributed by atoms with E-state index in [1.54, 1.807) is 46.2 Å². The number of β-amino-alcohol motifs (C(OH)–C–C–N with tert-alkyl or cyclic N) is 1.